The van der Waals surface area contributed by atoms with Crippen LogP contribution in [0.15, 0.2) is 41.3 Å². The average molecular weight is 531 g/mol. The summed E-state index contributed by atoms with van der Waals surface area (Å²) in [5.41, 5.74) is 0.861. The maximum atomic E-state index is 13.4. The van der Waals surface area contributed by atoms with Crippen molar-refractivity contribution < 1.29 is 46.8 Å². The highest BCUT2D eigenvalue weighted by atomic mass is 32.2. The van der Waals surface area contributed by atoms with Crippen molar-refractivity contribution in [3.63, 3.8) is 0 Å². The summed E-state index contributed by atoms with van der Waals surface area (Å²) in [7, 11) is -0.689. The molecule has 13 heteroatoms. The van der Waals surface area contributed by atoms with Crippen LogP contribution >= 0.6 is 0 Å². The number of sulfonamides is 1. The Kier molecular flexibility index (Phi) is 12.6. The van der Waals surface area contributed by atoms with Gasteiger partial charge in [-0.15, -0.1) is 0 Å². The Labute approximate surface area is 209 Å². The molecule has 0 saturated heterocycles. The second-order valence-electron chi connectivity index (χ2n) is 7.30. The molecule has 0 aliphatic carbocycles. The van der Waals surface area contributed by atoms with Gasteiger partial charge in [-0.05, 0) is 43.2 Å². The summed E-state index contributed by atoms with van der Waals surface area (Å²) in [6, 6.07) is 9.30. The first-order valence-electron chi connectivity index (χ1n) is 10.8. The number of rotatable bonds is 12. The van der Waals surface area contributed by atoms with Gasteiger partial charge in [-0.3, -0.25) is 0 Å². The highest BCUT2D eigenvalue weighted by Crippen LogP contribution is 2.27. The van der Waals surface area contributed by atoms with E-state index in [-0.39, 0.29) is 10.9 Å². The standard InChI is InChI=1S/C21H29FN2O5S.C2H2O4/c1-5-24-30(25,26)21-13-16(6-8-19(21)28-4)12-15(2)23-10-11-29-20-14-17(22)7-9-18(20)27-3;3-1(4)2(5)6/h6-9,13-15,23-24H,5,10-12H2,1-4H3;(H,3,4)(H,5,6). The summed E-state index contributed by atoms with van der Waals surface area (Å²) >= 11 is 0. The van der Waals surface area contributed by atoms with Crippen LogP contribution in [-0.2, 0) is 26.0 Å². The number of hydrogen-bond acceptors (Lipinski definition) is 8. The van der Waals surface area contributed by atoms with Crippen LogP contribution in [-0.4, -0.2) is 70.5 Å². The molecule has 0 aliphatic rings. The van der Waals surface area contributed by atoms with Crippen molar-refractivity contribution in [1.82, 2.24) is 10.0 Å². The fourth-order valence-corrected chi connectivity index (χ4v) is 4.24. The Bertz CT molecular complexity index is 1110. The van der Waals surface area contributed by atoms with E-state index in [1.807, 2.05) is 13.0 Å². The van der Waals surface area contributed by atoms with Crippen molar-refractivity contribution in [3.05, 3.63) is 47.8 Å². The second kappa shape index (κ2) is 14.9. The van der Waals surface area contributed by atoms with Crippen LogP contribution in [0.4, 0.5) is 4.39 Å². The quantitative estimate of drug-likeness (QED) is 0.236. The van der Waals surface area contributed by atoms with Gasteiger partial charge in [0.25, 0.3) is 0 Å². The fraction of sp³-hybridized carbons (Fsp3) is 0.391. The Morgan fingerprint density at radius 3 is 2.17 bits per heavy atom. The minimum Gasteiger partial charge on any atom is -0.495 e. The summed E-state index contributed by atoms with van der Waals surface area (Å²) in [6.07, 6.45) is 0.613. The third-order valence-electron chi connectivity index (χ3n) is 4.55. The van der Waals surface area contributed by atoms with Crippen molar-refractivity contribution in [1.29, 1.82) is 0 Å². The number of benzene rings is 2. The van der Waals surface area contributed by atoms with Crippen LogP contribution in [0.5, 0.6) is 17.2 Å². The van der Waals surface area contributed by atoms with Gasteiger partial charge in [0.05, 0.1) is 14.2 Å². The van der Waals surface area contributed by atoms with E-state index in [4.69, 9.17) is 34.0 Å². The molecule has 36 heavy (non-hydrogen) atoms. The Morgan fingerprint density at radius 2 is 1.61 bits per heavy atom. The molecular formula is C23H31FN2O9S. The van der Waals surface area contributed by atoms with Crippen molar-refractivity contribution in [2.75, 3.05) is 33.9 Å². The van der Waals surface area contributed by atoms with E-state index < -0.39 is 27.8 Å². The smallest absolute Gasteiger partial charge is 0.414 e. The number of methoxy groups -OCH3 is 2. The van der Waals surface area contributed by atoms with Gasteiger partial charge in [-0.1, -0.05) is 13.0 Å². The maximum Gasteiger partial charge on any atom is 0.414 e. The predicted molar refractivity (Wildman–Crippen MR) is 129 cm³/mol. The van der Waals surface area contributed by atoms with Gasteiger partial charge in [0.15, 0.2) is 11.5 Å². The molecule has 0 heterocycles. The lowest BCUT2D eigenvalue weighted by Gasteiger charge is -2.17. The fourth-order valence-electron chi connectivity index (χ4n) is 2.98. The van der Waals surface area contributed by atoms with Gasteiger partial charge >= 0.3 is 11.9 Å². The summed E-state index contributed by atoms with van der Waals surface area (Å²) in [4.78, 5) is 18.3. The molecule has 2 aromatic rings. The van der Waals surface area contributed by atoms with Crippen molar-refractivity contribution in [2.24, 2.45) is 0 Å². The number of carboxylic acids is 2. The first-order chi connectivity index (χ1) is 16.9. The molecule has 4 N–H and O–H groups in total. The van der Waals surface area contributed by atoms with E-state index in [1.54, 1.807) is 19.1 Å². The molecule has 0 radical (unpaired) electrons. The molecule has 0 aliphatic heterocycles. The van der Waals surface area contributed by atoms with Crippen molar-refractivity contribution in [2.45, 2.75) is 31.2 Å². The summed E-state index contributed by atoms with van der Waals surface area (Å²) in [5, 5.41) is 18.1. The number of nitrogens with one attached hydrogen (secondary N) is 2. The molecule has 0 bridgehead atoms. The molecule has 1 unspecified atom stereocenters. The Morgan fingerprint density at radius 1 is 1.00 bits per heavy atom. The van der Waals surface area contributed by atoms with Crippen LogP contribution in [0.2, 0.25) is 0 Å². The zero-order chi connectivity index (χ0) is 27.3. The first kappa shape index (κ1) is 30.6. The second-order valence-corrected chi connectivity index (χ2v) is 9.04. The van der Waals surface area contributed by atoms with Crippen LogP contribution in [0, 0.1) is 5.82 Å². The topological polar surface area (TPSA) is 160 Å². The van der Waals surface area contributed by atoms with Crippen molar-refractivity contribution >= 4 is 22.0 Å². The summed E-state index contributed by atoms with van der Waals surface area (Å²) in [6.45, 7) is 4.86. The van der Waals surface area contributed by atoms with Gasteiger partial charge in [0.1, 0.15) is 23.1 Å². The average Bonchev–Trinajstić information content (AvgIpc) is 2.82. The van der Waals surface area contributed by atoms with Gasteiger partial charge < -0.3 is 29.7 Å². The summed E-state index contributed by atoms with van der Waals surface area (Å²) < 4.78 is 56.6. The molecule has 0 spiro atoms. The molecule has 2 aromatic carbocycles. The van der Waals surface area contributed by atoms with E-state index in [0.717, 1.165) is 5.56 Å². The zero-order valence-corrected chi connectivity index (χ0v) is 21.2. The Hall–Kier alpha value is -3.42. The maximum absolute atomic E-state index is 13.4. The van der Waals surface area contributed by atoms with E-state index >= 15 is 0 Å². The molecular weight excluding hydrogens is 499 g/mol. The van der Waals surface area contributed by atoms with Crippen LogP contribution in [0.1, 0.15) is 19.4 Å². The number of ether oxygens (including phenoxy) is 3. The molecule has 0 fully saturated rings. The lowest BCUT2D eigenvalue weighted by atomic mass is 10.1. The molecule has 0 saturated carbocycles. The summed E-state index contributed by atoms with van der Waals surface area (Å²) in [5.74, 6) is -2.92. The number of aliphatic carboxylic acids is 2. The molecule has 2 rings (SSSR count). The van der Waals surface area contributed by atoms with Crippen molar-refractivity contribution in [3.8, 4) is 17.2 Å². The minimum atomic E-state index is -3.63. The Balaban J connectivity index is 0.000000960. The van der Waals surface area contributed by atoms with Gasteiger partial charge in [0, 0.05) is 25.2 Å². The van der Waals surface area contributed by atoms with E-state index in [0.29, 0.717) is 43.4 Å². The molecule has 11 nitrogen and oxygen atoms in total. The zero-order valence-electron chi connectivity index (χ0n) is 20.4. The normalized spacial score (nSPS) is 11.6. The SMILES string of the molecule is CCNS(=O)(=O)c1cc(CC(C)NCCOc2cc(F)ccc2OC)ccc1OC.O=C(O)C(=O)O. The van der Waals surface area contributed by atoms with Gasteiger partial charge in [0.2, 0.25) is 10.0 Å². The highest BCUT2D eigenvalue weighted by molar-refractivity contribution is 7.89. The largest absolute Gasteiger partial charge is 0.495 e. The lowest BCUT2D eigenvalue weighted by molar-refractivity contribution is -0.159. The van der Waals surface area contributed by atoms with Gasteiger partial charge in [-0.25, -0.2) is 27.1 Å². The first-order valence-corrected chi connectivity index (χ1v) is 12.3. The minimum absolute atomic E-state index is 0.0612. The molecule has 0 amide bonds. The van der Waals surface area contributed by atoms with Crippen LogP contribution in [0.25, 0.3) is 0 Å². The van der Waals surface area contributed by atoms with Gasteiger partial charge in [-0.2, -0.15) is 0 Å². The highest BCUT2D eigenvalue weighted by Gasteiger charge is 2.19. The molecule has 200 valence electrons. The monoisotopic (exact) mass is 530 g/mol. The number of carboxylic acid groups (broad SMARTS) is 2. The number of halogens is 1. The van der Waals surface area contributed by atoms with Crippen LogP contribution < -0.4 is 24.2 Å². The predicted octanol–water partition coefficient (Wildman–Crippen LogP) is 1.90. The van der Waals surface area contributed by atoms with E-state index in [1.165, 1.54) is 32.4 Å². The lowest BCUT2D eigenvalue weighted by Crippen LogP contribution is -2.32. The molecule has 1 atom stereocenters. The van der Waals surface area contributed by atoms with E-state index in [9.17, 15) is 12.8 Å². The third kappa shape index (κ3) is 10.1. The third-order valence-corrected chi connectivity index (χ3v) is 6.12. The van der Waals surface area contributed by atoms with Crippen LogP contribution in [0.3, 0.4) is 0 Å². The van der Waals surface area contributed by atoms with E-state index in [2.05, 4.69) is 10.0 Å². The number of carbonyl (C=O) groups is 2. The molecule has 0 aromatic heterocycles. The number of hydrogen-bond donors (Lipinski definition) is 4.